The number of rotatable bonds is 2. The highest BCUT2D eigenvalue weighted by Crippen LogP contribution is 2.36. The summed E-state index contributed by atoms with van der Waals surface area (Å²) in [5.74, 6) is 1.28. The lowest BCUT2D eigenvalue weighted by atomic mass is 10.0. The molecule has 0 saturated carbocycles. The van der Waals surface area contributed by atoms with Crippen LogP contribution in [0.15, 0.2) is 36.4 Å². The van der Waals surface area contributed by atoms with Crippen molar-refractivity contribution in [2.24, 2.45) is 0 Å². The number of halogens is 3. The third kappa shape index (κ3) is 3.72. The van der Waals surface area contributed by atoms with E-state index in [9.17, 15) is 18.0 Å². The number of alkyl halides is 3. The quantitative estimate of drug-likeness (QED) is 0.803. The highest BCUT2D eigenvalue weighted by atomic mass is 19.4. The van der Waals surface area contributed by atoms with Gasteiger partial charge in [0.1, 0.15) is 0 Å². The molecular formula is C20H18F3NO3. The molecule has 27 heavy (non-hydrogen) atoms. The Labute approximate surface area is 154 Å². The van der Waals surface area contributed by atoms with Crippen LogP contribution in [-0.4, -0.2) is 30.7 Å². The minimum atomic E-state index is -4.41. The molecular weight excluding hydrogens is 359 g/mol. The van der Waals surface area contributed by atoms with Crippen molar-refractivity contribution in [3.05, 3.63) is 58.7 Å². The second-order valence-electron chi connectivity index (χ2n) is 6.73. The van der Waals surface area contributed by atoms with Gasteiger partial charge in [0.15, 0.2) is 11.5 Å². The molecule has 2 aromatic carbocycles. The molecule has 0 fully saturated rings. The number of benzene rings is 2. The maximum atomic E-state index is 12.8. The molecule has 0 aromatic heterocycles. The fraction of sp³-hybridized carbons (Fsp3) is 0.350. The molecule has 1 amide bonds. The Kier molecular flexibility index (Phi) is 4.45. The van der Waals surface area contributed by atoms with Crippen LogP contribution in [0.3, 0.4) is 0 Å². The summed E-state index contributed by atoms with van der Waals surface area (Å²) in [6.07, 6.45) is -3.09. The Morgan fingerprint density at radius 3 is 2.22 bits per heavy atom. The van der Waals surface area contributed by atoms with E-state index >= 15 is 0 Å². The summed E-state index contributed by atoms with van der Waals surface area (Å²) in [5.41, 5.74) is 1.88. The largest absolute Gasteiger partial charge is 0.454 e. The van der Waals surface area contributed by atoms with Crippen molar-refractivity contribution in [1.82, 2.24) is 4.90 Å². The van der Waals surface area contributed by atoms with Crippen molar-refractivity contribution in [1.29, 1.82) is 0 Å². The molecule has 2 aliphatic rings. The molecule has 0 N–H and O–H groups in total. The summed E-state index contributed by atoms with van der Waals surface area (Å²) in [7, 11) is 0. The van der Waals surface area contributed by atoms with E-state index in [4.69, 9.17) is 9.47 Å². The molecule has 7 heteroatoms. The Morgan fingerprint density at radius 2 is 1.63 bits per heavy atom. The summed E-state index contributed by atoms with van der Waals surface area (Å²) >= 11 is 0. The first kappa shape index (κ1) is 17.7. The molecule has 0 aliphatic carbocycles. The van der Waals surface area contributed by atoms with Crippen LogP contribution < -0.4 is 9.47 Å². The fourth-order valence-electron chi connectivity index (χ4n) is 3.51. The van der Waals surface area contributed by atoms with Crippen molar-refractivity contribution in [2.75, 3.05) is 19.9 Å². The zero-order valence-electron chi connectivity index (χ0n) is 14.5. The number of ether oxygens (including phenoxy) is 2. The van der Waals surface area contributed by atoms with Gasteiger partial charge in [-0.05, 0) is 47.7 Å². The number of fused-ring (bicyclic) bond motifs is 2. The number of carbonyl (C=O) groups excluding carboxylic acids is 1. The predicted molar refractivity (Wildman–Crippen MR) is 91.7 cm³/mol. The van der Waals surface area contributed by atoms with Gasteiger partial charge in [0.2, 0.25) is 12.7 Å². The molecule has 0 saturated heterocycles. The van der Waals surface area contributed by atoms with Gasteiger partial charge in [0, 0.05) is 13.1 Å². The summed E-state index contributed by atoms with van der Waals surface area (Å²) in [6.45, 7) is 1.29. The highest BCUT2D eigenvalue weighted by molar-refractivity contribution is 5.79. The zero-order chi connectivity index (χ0) is 19.0. The third-order valence-electron chi connectivity index (χ3n) is 4.96. The van der Waals surface area contributed by atoms with Crippen molar-refractivity contribution in [3.63, 3.8) is 0 Å². The Balaban J connectivity index is 1.45. The van der Waals surface area contributed by atoms with Gasteiger partial charge in [-0.25, -0.2) is 0 Å². The van der Waals surface area contributed by atoms with Crippen LogP contribution in [-0.2, 0) is 30.2 Å². The predicted octanol–water partition coefficient (Wildman–Crippen LogP) is 3.60. The van der Waals surface area contributed by atoms with Gasteiger partial charge >= 0.3 is 6.18 Å². The van der Waals surface area contributed by atoms with Crippen LogP contribution in [0, 0.1) is 0 Å². The molecule has 0 spiro atoms. The number of amides is 1. The van der Waals surface area contributed by atoms with E-state index in [1.54, 1.807) is 11.0 Å². The molecule has 2 heterocycles. The van der Waals surface area contributed by atoms with Gasteiger partial charge in [-0.3, -0.25) is 4.79 Å². The van der Waals surface area contributed by atoms with Crippen LogP contribution in [0.5, 0.6) is 11.5 Å². The average Bonchev–Trinajstić information content (AvgIpc) is 2.97. The number of hydrogen-bond acceptors (Lipinski definition) is 3. The molecule has 4 nitrogen and oxygen atoms in total. The van der Waals surface area contributed by atoms with Crippen molar-refractivity contribution < 1.29 is 27.4 Å². The van der Waals surface area contributed by atoms with Crippen molar-refractivity contribution >= 4 is 5.91 Å². The smallest absolute Gasteiger partial charge is 0.416 e. The molecule has 0 atom stereocenters. The first-order valence-electron chi connectivity index (χ1n) is 8.75. The standard InChI is InChI=1S/C20H18F3NO3/c21-20(22,23)16-3-1-2-13(8-16)9-19(25)24-6-4-14-10-17-18(27-12-26-17)11-15(14)5-7-24/h1-3,8,10-11H,4-7,9,12H2. The number of carbonyl (C=O) groups is 1. The zero-order valence-corrected chi connectivity index (χ0v) is 14.5. The normalized spacial score (nSPS) is 16.0. The van der Waals surface area contributed by atoms with Crippen molar-refractivity contribution in [2.45, 2.75) is 25.4 Å². The second-order valence-corrected chi connectivity index (χ2v) is 6.73. The topological polar surface area (TPSA) is 38.8 Å². The summed E-state index contributed by atoms with van der Waals surface area (Å²) in [6, 6.07) is 8.87. The van der Waals surface area contributed by atoms with E-state index in [0.717, 1.165) is 34.8 Å². The number of nitrogens with zero attached hydrogens (tertiary/aromatic N) is 1. The molecule has 0 unspecified atom stereocenters. The molecule has 4 rings (SSSR count). The maximum Gasteiger partial charge on any atom is 0.416 e. The van der Waals surface area contributed by atoms with E-state index in [1.807, 2.05) is 12.1 Å². The second kappa shape index (κ2) is 6.79. The monoisotopic (exact) mass is 377 g/mol. The van der Waals surface area contributed by atoms with Gasteiger partial charge in [-0.15, -0.1) is 0 Å². The lowest BCUT2D eigenvalue weighted by molar-refractivity contribution is -0.138. The van der Waals surface area contributed by atoms with Crippen LogP contribution in [0.4, 0.5) is 13.2 Å². The van der Waals surface area contributed by atoms with Crippen LogP contribution >= 0.6 is 0 Å². The van der Waals surface area contributed by atoms with Gasteiger partial charge < -0.3 is 14.4 Å². The first-order chi connectivity index (χ1) is 12.9. The highest BCUT2D eigenvalue weighted by Gasteiger charge is 2.30. The Morgan fingerprint density at radius 1 is 1.00 bits per heavy atom. The third-order valence-corrected chi connectivity index (χ3v) is 4.96. The van der Waals surface area contributed by atoms with Gasteiger partial charge in [-0.1, -0.05) is 18.2 Å². The lowest BCUT2D eigenvalue weighted by Gasteiger charge is -2.20. The van der Waals surface area contributed by atoms with Crippen LogP contribution in [0.25, 0.3) is 0 Å². The molecule has 2 aromatic rings. The Hall–Kier alpha value is -2.70. The Bertz CT molecular complexity index is 844. The maximum absolute atomic E-state index is 12.8. The van der Waals surface area contributed by atoms with Gasteiger partial charge in [0.05, 0.1) is 12.0 Å². The van der Waals surface area contributed by atoms with E-state index < -0.39 is 11.7 Å². The molecule has 0 radical (unpaired) electrons. The van der Waals surface area contributed by atoms with Gasteiger partial charge in [-0.2, -0.15) is 13.2 Å². The van der Waals surface area contributed by atoms with Crippen LogP contribution in [0.2, 0.25) is 0 Å². The lowest BCUT2D eigenvalue weighted by Crippen LogP contribution is -2.34. The summed E-state index contributed by atoms with van der Waals surface area (Å²) < 4.78 is 49.4. The van der Waals surface area contributed by atoms with E-state index in [2.05, 4.69) is 0 Å². The minimum Gasteiger partial charge on any atom is -0.454 e. The van der Waals surface area contributed by atoms with E-state index in [1.165, 1.54) is 6.07 Å². The molecule has 2 aliphatic heterocycles. The van der Waals surface area contributed by atoms with E-state index in [-0.39, 0.29) is 19.1 Å². The minimum absolute atomic E-state index is 0.0387. The molecule has 0 bridgehead atoms. The van der Waals surface area contributed by atoms with Gasteiger partial charge in [0.25, 0.3) is 0 Å². The first-order valence-corrected chi connectivity index (χ1v) is 8.75. The number of hydrogen-bond donors (Lipinski definition) is 0. The summed E-state index contributed by atoms with van der Waals surface area (Å²) in [5, 5.41) is 0. The fourth-order valence-corrected chi connectivity index (χ4v) is 3.51. The summed E-state index contributed by atoms with van der Waals surface area (Å²) in [4.78, 5) is 14.3. The SMILES string of the molecule is O=C(Cc1cccc(C(F)(F)F)c1)N1CCc2cc3c(cc2CC1)OCO3. The van der Waals surface area contributed by atoms with Crippen LogP contribution in [0.1, 0.15) is 22.3 Å². The molecule has 142 valence electrons. The van der Waals surface area contributed by atoms with E-state index in [0.29, 0.717) is 31.5 Å². The van der Waals surface area contributed by atoms with Crippen molar-refractivity contribution in [3.8, 4) is 11.5 Å². The average molecular weight is 377 g/mol.